The van der Waals surface area contributed by atoms with Gasteiger partial charge in [-0.3, -0.25) is 10.1 Å². The van der Waals surface area contributed by atoms with Crippen LogP contribution in [0, 0.1) is 17.0 Å². The summed E-state index contributed by atoms with van der Waals surface area (Å²) in [7, 11) is 0. The Morgan fingerprint density at radius 3 is 2.50 bits per heavy atom. The number of nitro groups is 1. The van der Waals surface area contributed by atoms with Gasteiger partial charge in [-0.1, -0.05) is 0 Å². The van der Waals surface area contributed by atoms with Gasteiger partial charge in [-0.05, 0) is 13.0 Å². The number of rotatable bonds is 2. The second kappa shape index (κ2) is 3.33. The van der Waals surface area contributed by atoms with E-state index in [-0.39, 0.29) is 22.5 Å². The van der Waals surface area contributed by atoms with E-state index in [9.17, 15) is 20.0 Å². The van der Waals surface area contributed by atoms with Crippen molar-refractivity contribution in [3.63, 3.8) is 0 Å². The first-order valence-electron chi connectivity index (χ1n) is 3.69. The number of aromatic carboxylic acids is 1. The average molecular weight is 195 g/mol. The number of hydrogen-bond acceptors (Lipinski definition) is 5. The fraction of sp³-hybridized carbons (Fsp3) is 0.125. The minimum Gasteiger partial charge on any atom is -0.545 e. The minimum absolute atomic E-state index is 0.0680. The zero-order valence-electron chi connectivity index (χ0n) is 7.31. The number of carbonyl (C=O) groups is 1. The lowest BCUT2D eigenvalue weighted by atomic mass is 10.1. The molecule has 74 valence electrons. The Morgan fingerprint density at radius 1 is 1.50 bits per heavy atom. The number of benzene rings is 1. The summed E-state index contributed by atoms with van der Waals surface area (Å²) in [6.45, 7) is 1.45. The molecule has 0 spiro atoms. The summed E-state index contributed by atoms with van der Waals surface area (Å²) in [5, 5.41) is 20.9. The van der Waals surface area contributed by atoms with Gasteiger partial charge in [0.2, 0.25) is 0 Å². The third-order valence-electron chi connectivity index (χ3n) is 1.85. The minimum atomic E-state index is -1.49. The highest BCUT2D eigenvalue weighted by atomic mass is 16.6. The van der Waals surface area contributed by atoms with Crippen molar-refractivity contribution < 1.29 is 14.8 Å². The van der Waals surface area contributed by atoms with Gasteiger partial charge in [0, 0.05) is 22.9 Å². The average Bonchev–Trinajstić information content (AvgIpc) is 2.08. The molecular weight excluding hydrogens is 188 g/mol. The fourth-order valence-corrected chi connectivity index (χ4v) is 1.03. The van der Waals surface area contributed by atoms with Crippen LogP contribution in [0.4, 0.5) is 11.4 Å². The molecule has 1 rings (SSSR count). The van der Waals surface area contributed by atoms with Gasteiger partial charge < -0.3 is 15.6 Å². The highest BCUT2D eigenvalue weighted by Crippen LogP contribution is 2.25. The lowest BCUT2D eigenvalue weighted by Gasteiger charge is -2.06. The van der Waals surface area contributed by atoms with Crippen molar-refractivity contribution in [2.24, 2.45) is 0 Å². The Hall–Kier alpha value is -2.11. The lowest BCUT2D eigenvalue weighted by molar-refractivity contribution is -0.385. The van der Waals surface area contributed by atoms with Gasteiger partial charge in [0.05, 0.1) is 10.9 Å². The molecule has 1 aromatic rings. The molecule has 0 saturated heterocycles. The number of carboxylic acid groups (broad SMARTS) is 1. The molecule has 6 heteroatoms. The quantitative estimate of drug-likeness (QED) is 0.401. The van der Waals surface area contributed by atoms with E-state index in [0.717, 1.165) is 12.1 Å². The normalized spacial score (nSPS) is 9.79. The summed E-state index contributed by atoms with van der Waals surface area (Å²) in [5.41, 5.74) is 5.11. The van der Waals surface area contributed by atoms with Crippen LogP contribution in [0.25, 0.3) is 0 Å². The largest absolute Gasteiger partial charge is 0.545 e. The third-order valence-corrected chi connectivity index (χ3v) is 1.85. The fourth-order valence-electron chi connectivity index (χ4n) is 1.03. The van der Waals surface area contributed by atoms with Crippen molar-refractivity contribution in [2.45, 2.75) is 6.92 Å². The summed E-state index contributed by atoms with van der Waals surface area (Å²) < 4.78 is 0. The monoisotopic (exact) mass is 195 g/mol. The van der Waals surface area contributed by atoms with E-state index in [1.54, 1.807) is 0 Å². The second-order valence-electron chi connectivity index (χ2n) is 2.75. The maximum absolute atomic E-state index is 10.5. The van der Waals surface area contributed by atoms with Gasteiger partial charge in [-0.25, -0.2) is 0 Å². The standard InChI is InChI=1S/C8H8N2O4/c1-4-6(9)2-5(8(11)12)3-7(4)10(13)14/h2-3H,9H2,1H3,(H,11,12)/p-1. The zero-order chi connectivity index (χ0) is 10.9. The Kier molecular flexibility index (Phi) is 2.37. The Labute approximate surface area is 79.1 Å². The summed E-state index contributed by atoms with van der Waals surface area (Å²) in [4.78, 5) is 20.3. The summed E-state index contributed by atoms with van der Waals surface area (Å²) >= 11 is 0. The van der Waals surface area contributed by atoms with Crippen LogP contribution in [-0.4, -0.2) is 10.9 Å². The topological polar surface area (TPSA) is 109 Å². The number of carboxylic acids is 1. The van der Waals surface area contributed by atoms with E-state index in [1.807, 2.05) is 0 Å². The second-order valence-corrected chi connectivity index (χ2v) is 2.75. The Bertz CT molecular complexity index is 414. The van der Waals surface area contributed by atoms with Crippen molar-refractivity contribution in [3.05, 3.63) is 33.4 Å². The van der Waals surface area contributed by atoms with E-state index in [2.05, 4.69) is 0 Å². The first kappa shape index (κ1) is 9.97. The lowest BCUT2D eigenvalue weighted by Crippen LogP contribution is -2.22. The number of nitrogens with two attached hydrogens (primary N) is 1. The van der Waals surface area contributed by atoms with Gasteiger partial charge in [0.1, 0.15) is 0 Å². The van der Waals surface area contributed by atoms with Gasteiger partial charge in [-0.15, -0.1) is 0 Å². The van der Waals surface area contributed by atoms with E-state index in [1.165, 1.54) is 6.92 Å². The molecule has 6 nitrogen and oxygen atoms in total. The van der Waals surface area contributed by atoms with Gasteiger partial charge in [0.15, 0.2) is 0 Å². The van der Waals surface area contributed by atoms with Gasteiger partial charge in [-0.2, -0.15) is 0 Å². The molecule has 0 bridgehead atoms. The molecule has 0 aliphatic heterocycles. The first-order chi connectivity index (χ1) is 6.43. The van der Waals surface area contributed by atoms with E-state index >= 15 is 0 Å². The van der Waals surface area contributed by atoms with Crippen LogP contribution < -0.4 is 10.8 Å². The maximum atomic E-state index is 10.5. The molecule has 0 atom stereocenters. The summed E-state index contributed by atoms with van der Waals surface area (Å²) in [6.07, 6.45) is 0. The molecule has 0 unspecified atom stereocenters. The molecule has 0 aromatic heterocycles. The van der Waals surface area contributed by atoms with Crippen LogP contribution in [-0.2, 0) is 0 Å². The third kappa shape index (κ3) is 1.63. The van der Waals surface area contributed by atoms with E-state index in [4.69, 9.17) is 5.73 Å². The number of nitrogens with zero attached hydrogens (tertiary/aromatic N) is 1. The van der Waals surface area contributed by atoms with Crippen LogP contribution in [0.5, 0.6) is 0 Å². The number of hydrogen-bond donors (Lipinski definition) is 1. The SMILES string of the molecule is Cc1c(N)cc(C(=O)[O-])cc1[N+](=O)[O-]. The molecule has 0 saturated carbocycles. The number of nitro benzene ring substituents is 1. The Balaban J connectivity index is 3.43. The smallest absolute Gasteiger partial charge is 0.275 e. The highest BCUT2D eigenvalue weighted by Gasteiger charge is 2.14. The molecular formula is C8H7N2O4-. The molecule has 0 aliphatic carbocycles. The predicted octanol–water partition coefficient (Wildman–Crippen LogP) is -0.151. The van der Waals surface area contributed by atoms with Crippen LogP contribution in [0.1, 0.15) is 15.9 Å². The van der Waals surface area contributed by atoms with Crippen LogP contribution in [0.2, 0.25) is 0 Å². The predicted molar refractivity (Wildman–Crippen MR) is 46.6 cm³/mol. The van der Waals surface area contributed by atoms with Crippen LogP contribution in [0.3, 0.4) is 0 Å². The van der Waals surface area contributed by atoms with E-state index < -0.39 is 10.9 Å². The summed E-state index contributed by atoms with van der Waals surface area (Å²) in [6, 6.07) is 2.07. The zero-order valence-corrected chi connectivity index (χ0v) is 7.31. The van der Waals surface area contributed by atoms with Crippen LogP contribution >= 0.6 is 0 Å². The van der Waals surface area contributed by atoms with Crippen molar-refractivity contribution in [2.75, 3.05) is 5.73 Å². The molecule has 0 radical (unpaired) electrons. The Morgan fingerprint density at radius 2 is 2.07 bits per heavy atom. The molecule has 14 heavy (non-hydrogen) atoms. The maximum Gasteiger partial charge on any atom is 0.275 e. The van der Waals surface area contributed by atoms with Crippen molar-refractivity contribution in [3.8, 4) is 0 Å². The summed E-state index contributed by atoms with van der Waals surface area (Å²) in [5.74, 6) is -1.49. The number of anilines is 1. The van der Waals surface area contributed by atoms with Crippen LogP contribution in [0.15, 0.2) is 12.1 Å². The number of nitrogen functional groups attached to an aromatic ring is 1. The van der Waals surface area contributed by atoms with Crippen molar-refractivity contribution >= 4 is 17.3 Å². The van der Waals surface area contributed by atoms with Crippen molar-refractivity contribution in [1.82, 2.24) is 0 Å². The molecule has 0 aliphatic rings. The molecule has 0 amide bonds. The first-order valence-corrected chi connectivity index (χ1v) is 3.69. The number of carbonyl (C=O) groups excluding carboxylic acids is 1. The van der Waals surface area contributed by atoms with E-state index in [0.29, 0.717) is 0 Å². The highest BCUT2D eigenvalue weighted by molar-refractivity contribution is 5.88. The van der Waals surface area contributed by atoms with Gasteiger partial charge >= 0.3 is 0 Å². The van der Waals surface area contributed by atoms with Crippen molar-refractivity contribution in [1.29, 1.82) is 0 Å². The molecule has 2 N–H and O–H groups in total. The molecule has 1 aromatic carbocycles. The molecule has 0 fully saturated rings. The van der Waals surface area contributed by atoms with Gasteiger partial charge in [0.25, 0.3) is 5.69 Å². The molecule has 0 heterocycles.